The topological polar surface area (TPSA) is 71.2 Å². The molecule has 1 aromatic heterocycles. The Hall–Kier alpha value is -3.48. The van der Waals surface area contributed by atoms with Gasteiger partial charge in [-0.15, -0.1) is 11.3 Å². The van der Waals surface area contributed by atoms with Crippen molar-refractivity contribution in [3.63, 3.8) is 0 Å². The van der Waals surface area contributed by atoms with Gasteiger partial charge in [0.1, 0.15) is 0 Å². The predicted molar refractivity (Wildman–Crippen MR) is 141 cm³/mol. The number of hydrogen-bond acceptors (Lipinski definition) is 5. The van der Waals surface area contributed by atoms with Crippen LogP contribution in [0.2, 0.25) is 0 Å². The number of carbonyl (C=O) groups excluding carboxylic acids is 1. The fraction of sp³-hybridized carbons (Fsp3) is 0.214. The fourth-order valence-electron chi connectivity index (χ4n) is 3.80. The van der Waals surface area contributed by atoms with Gasteiger partial charge in [0.25, 0.3) is 5.91 Å². The van der Waals surface area contributed by atoms with Gasteiger partial charge in [0.15, 0.2) is 5.13 Å². The number of nitrogens with two attached hydrogens (primary N) is 1. The molecule has 0 radical (unpaired) electrons. The van der Waals surface area contributed by atoms with E-state index in [4.69, 9.17) is 10.7 Å². The molecule has 5 nitrogen and oxygen atoms in total. The first-order chi connectivity index (χ1) is 16.7. The summed E-state index contributed by atoms with van der Waals surface area (Å²) in [7, 11) is 0. The molecule has 1 amide bonds. The molecule has 6 heteroatoms. The highest BCUT2D eigenvalue weighted by Gasteiger charge is 2.13. The van der Waals surface area contributed by atoms with Gasteiger partial charge in [-0.1, -0.05) is 73.7 Å². The zero-order chi connectivity index (χ0) is 23.8. The van der Waals surface area contributed by atoms with Gasteiger partial charge in [0, 0.05) is 42.7 Å². The Bertz CT molecular complexity index is 1200. The molecule has 4 rings (SSSR count). The second-order valence-electron chi connectivity index (χ2n) is 8.21. The van der Waals surface area contributed by atoms with E-state index in [9.17, 15) is 4.79 Å². The van der Waals surface area contributed by atoms with Crippen molar-refractivity contribution in [1.82, 2.24) is 10.3 Å². The largest absolute Gasteiger partial charge is 0.348 e. The molecule has 174 valence electrons. The van der Waals surface area contributed by atoms with Gasteiger partial charge in [-0.25, -0.2) is 4.98 Å². The number of anilines is 1. The van der Waals surface area contributed by atoms with Gasteiger partial charge in [0.2, 0.25) is 0 Å². The van der Waals surface area contributed by atoms with Crippen LogP contribution in [-0.4, -0.2) is 17.4 Å². The predicted octanol–water partition coefficient (Wildman–Crippen LogP) is 5.62. The van der Waals surface area contributed by atoms with Crippen molar-refractivity contribution in [3.05, 3.63) is 106 Å². The van der Waals surface area contributed by atoms with Gasteiger partial charge < -0.3 is 16.0 Å². The molecular weight excluding hydrogens is 440 g/mol. The molecule has 0 aliphatic rings. The first-order valence-corrected chi connectivity index (χ1v) is 12.4. The molecule has 0 saturated carbocycles. The number of amides is 1. The number of rotatable bonds is 10. The summed E-state index contributed by atoms with van der Waals surface area (Å²) < 4.78 is 0. The van der Waals surface area contributed by atoms with Gasteiger partial charge >= 0.3 is 0 Å². The fourth-order valence-corrected chi connectivity index (χ4v) is 4.66. The molecular formula is C28H30N4OS. The monoisotopic (exact) mass is 470 g/mol. The van der Waals surface area contributed by atoms with Crippen LogP contribution < -0.4 is 16.0 Å². The van der Waals surface area contributed by atoms with E-state index in [2.05, 4.69) is 34.7 Å². The van der Waals surface area contributed by atoms with Crippen LogP contribution in [-0.2, 0) is 19.6 Å². The minimum Gasteiger partial charge on any atom is -0.348 e. The SMILES string of the molecule is CCCN(Cc1ccc(C(=O)NCc2cccc(CN)c2)cc1)c1nc(-c2ccccc2)cs1. The number of nitrogens with zero attached hydrogens (tertiary/aromatic N) is 2. The van der Waals surface area contributed by atoms with Crippen LogP contribution in [0.25, 0.3) is 11.3 Å². The standard InChI is InChI=1S/C28H30N4OS/c1-2-15-32(28-31-26(20-34-28)24-9-4-3-5-10-24)19-21-11-13-25(14-12-21)27(33)30-18-23-8-6-7-22(16-23)17-29/h3-14,16,20H,2,15,17-19,29H2,1H3,(H,30,33). The molecule has 0 bridgehead atoms. The van der Waals surface area contributed by atoms with Gasteiger partial charge in [-0.3, -0.25) is 4.79 Å². The summed E-state index contributed by atoms with van der Waals surface area (Å²) in [5.74, 6) is -0.0810. The summed E-state index contributed by atoms with van der Waals surface area (Å²) in [6.07, 6.45) is 1.03. The molecule has 0 fully saturated rings. The van der Waals surface area contributed by atoms with Crippen molar-refractivity contribution >= 4 is 22.4 Å². The quantitative estimate of drug-likeness (QED) is 0.316. The average Bonchev–Trinajstić information content (AvgIpc) is 3.38. The second-order valence-corrected chi connectivity index (χ2v) is 9.04. The van der Waals surface area contributed by atoms with E-state index in [-0.39, 0.29) is 5.91 Å². The van der Waals surface area contributed by atoms with Gasteiger partial charge in [-0.2, -0.15) is 0 Å². The highest BCUT2D eigenvalue weighted by atomic mass is 32.1. The molecule has 4 aromatic rings. The molecule has 0 aliphatic carbocycles. The smallest absolute Gasteiger partial charge is 0.251 e. The summed E-state index contributed by atoms with van der Waals surface area (Å²) in [4.78, 5) is 19.8. The van der Waals surface area contributed by atoms with Crippen LogP contribution in [0.4, 0.5) is 5.13 Å². The average molecular weight is 471 g/mol. The van der Waals surface area contributed by atoms with Crippen LogP contribution in [0, 0.1) is 0 Å². The van der Waals surface area contributed by atoms with E-state index in [1.807, 2.05) is 66.7 Å². The van der Waals surface area contributed by atoms with Crippen molar-refractivity contribution in [3.8, 4) is 11.3 Å². The van der Waals surface area contributed by atoms with Crippen molar-refractivity contribution < 1.29 is 4.79 Å². The van der Waals surface area contributed by atoms with E-state index in [0.29, 0.717) is 18.7 Å². The Balaban J connectivity index is 1.39. The highest BCUT2D eigenvalue weighted by Crippen LogP contribution is 2.28. The lowest BCUT2D eigenvalue weighted by molar-refractivity contribution is 0.0951. The zero-order valence-corrected chi connectivity index (χ0v) is 20.2. The number of carbonyl (C=O) groups is 1. The van der Waals surface area contributed by atoms with Crippen LogP contribution in [0.5, 0.6) is 0 Å². The Morgan fingerprint density at radius 1 is 0.971 bits per heavy atom. The number of thiazole rings is 1. The Kier molecular flexibility index (Phi) is 8.07. The molecule has 3 aromatic carbocycles. The Morgan fingerprint density at radius 2 is 1.74 bits per heavy atom. The number of hydrogen-bond donors (Lipinski definition) is 2. The van der Waals surface area contributed by atoms with E-state index >= 15 is 0 Å². The molecule has 0 aliphatic heterocycles. The lowest BCUT2D eigenvalue weighted by Crippen LogP contribution is -2.24. The van der Waals surface area contributed by atoms with Crippen molar-refractivity contribution in [2.75, 3.05) is 11.4 Å². The minimum absolute atomic E-state index is 0.0810. The van der Waals surface area contributed by atoms with E-state index in [1.165, 1.54) is 0 Å². The van der Waals surface area contributed by atoms with Crippen LogP contribution in [0.3, 0.4) is 0 Å². The third-order valence-corrected chi connectivity index (χ3v) is 6.50. The normalized spacial score (nSPS) is 10.8. The van der Waals surface area contributed by atoms with E-state index in [0.717, 1.165) is 52.6 Å². The minimum atomic E-state index is -0.0810. The number of benzene rings is 3. The zero-order valence-electron chi connectivity index (χ0n) is 19.4. The third-order valence-electron chi connectivity index (χ3n) is 5.60. The summed E-state index contributed by atoms with van der Waals surface area (Å²) >= 11 is 1.67. The summed E-state index contributed by atoms with van der Waals surface area (Å²) in [6.45, 7) is 4.82. The molecule has 1 heterocycles. The number of nitrogens with one attached hydrogen (secondary N) is 1. The van der Waals surface area contributed by atoms with Gasteiger partial charge in [0.05, 0.1) is 5.69 Å². The molecule has 0 atom stereocenters. The van der Waals surface area contributed by atoms with Crippen molar-refractivity contribution in [2.45, 2.75) is 33.0 Å². The third kappa shape index (κ3) is 6.10. The maximum absolute atomic E-state index is 12.6. The second kappa shape index (κ2) is 11.6. The maximum atomic E-state index is 12.6. The van der Waals surface area contributed by atoms with Crippen molar-refractivity contribution in [2.24, 2.45) is 5.73 Å². The van der Waals surface area contributed by atoms with Gasteiger partial charge in [-0.05, 0) is 35.2 Å². The summed E-state index contributed by atoms with van der Waals surface area (Å²) in [5.41, 5.74) is 11.7. The highest BCUT2D eigenvalue weighted by molar-refractivity contribution is 7.14. The maximum Gasteiger partial charge on any atom is 0.251 e. The van der Waals surface area contributed by atoms with Crippen LogP contribution >= 0.6 is 11.3 Å². The lowest BCUT2D eigenvalue weighted by Gasteiger charge is -2.21. The van der Waals surface area contributed by atoms with E-state index in [1.54, 1.807) is 11.3 Å². The summed E-state index contributed by atoms with van der Waals surface area (Å²) in [5, 5.41) is 6.12. The Morgan fingerprint density at radius 3 is 2.47 bits per heavy atom. The first-order valence-electron chi connectivity index (χ1n) is 11.6. The lowest BCUT2D eigenvalue weighted by atomic mass is 10.1. The number of aromatic nitrogens is 1. The molecule has 0 unspecified atom stereocenters. The molecule has 34 heavy (non-hydrogen) atoms. The van der Waals surface area contributed by atoms with Crippen LogP contribution in [0.15, 0.2) is 84.2 Å². The van der Waals surface area contributed by atoms with Crippen molar-refractivity contribution in [1.29, 1.82) is 0 Å². The Labute approximate surface area is 205 Å². The molecule has 0 saturated heterocycles. The van der Waals surface area contributed by atoms with Crippen LogP contribution in [0.1, 0.15) is 40.4 Å². The van der Waals surface area contributed by atoms with E-state index < -0.39 is 0 Å². The first kappa shape index (κ1) is 23.7. The molecule has 0 spiro atoms. The summed E-state index contributed by atoms with van der Waals surface area (Å²) in [6, 6.07) is 26.1. The molecule has 3 N–H and O–H groups in total.